The van der Waals surface area contributed by atoms with Crippen molar-refractivity contribution >= 4 is 17.1 Å². The molecule has 7 aliphatic carbocycles. The van der Waals surface area contributed by atoms with Crippen LogP contribution in [0.5, 0.6) is 0 Å². The molecular formula is C50H47N. The van der Waals surface area contributed by atoms with E-state index in [4.69, 9.17) is 0 Å². The summed E-state index contributed by atoms with van der Waals surface area (Å²) < 4.78 is 0. The van der Waals surface area contributed by atoms with Crippen LogP contribution in [0, 0.1) is 11.8 Å². The Morgan fingerprint density at radius 1 is 0.549 bits per heavy atom. The molecule has 0 amide bonds. The third-order valence-corrected chi connectivity index (χ3v) is 13.1. The molecular weight excluding hydrogens is 615 g/mol. The van der Waals surface area contributed by atoms with Gasteiger partial charge in [-0.2, -0.15) is 0 Å². The first-order chi connectivity index (χ1) is 25.0. The van der Waals surface area contributed by atoms with Gasteiger partial charge in [-0.3, -0.25) is 0 Å². The average Bonchev–Trinajstić information content (AvgIpc) is 3.87. The van der Waals surface area contributed by atoms with E-state index in [0.29, 0.717) is 0 Å². The Morgan fingerprint density at radius 3 is 2.02 bits per heavy atom. The number of aryl methyl sites for hydroxylation is 4. The molecule has 2 fully saturated rings. The maximum absolute atomic E-state index is 2.59. The van der Waals surface area contributed by atoms with Crippen LogP contribution in [-0.2, 0) is 31.1 Å². The normalized spacial score (nSPS) is 20.9. The minimum absolute atomic E-state index is 0.115. The third kappa shape index (κ3) is 5.27. The van der Waals surface area contributed by atoms with Gasteiger partial charge in [-0.15, -0.1) is 0 Å². The number of hydrogen-bond donors (Lipinski definition) is 0. The fourth-order valence-electron chi connectivity index (χ4n) is 10.3. The van der Waals surface area contributed by atoms with E-state index in [0.717, 1.165) is 43.4 Å². The molecule has 0 heterocycles. The number of anilines is 3. The van der Waals surface area contributed by atoms with Crippen LogP contribution in [0.2, 0.25) is 0 Å². The third-order valence-electron chi connectivity index (χ3n) is 13.1. The Bertz CT molecular complexity index is 2240. The second-order valence-corrected chi connectivity index (χ2v) is 16.4. The zero-order valence-corrected chi connectivity index (χ0v) is 30.0. The summed E-state index contributed by atoms with van der Waals surface area (Å²) in [7, 11) is 0. The lowest BCUT2D eigenvalue weighted by Crippen LogP contribution is -2.17. The lowest BCUT2D eigenvalue weighted by molar-refractivity contribution is 0.420. The summed E-state index contributed by atoms with van der Waals surface area (Å²) in [6.45, 7) is 4.83. The van der Waals surface area contributed by atoms with Gasteiger partial charge < -0.3 is 4.90 Å². The molecule has 0 saturated heterocycles. The molecule has 1 heteroatoms. The number of nitrogens with zero attached hydrogens (tertiary/aromatic N) is 1. The Morgan fingerprint density at radius 2 is 1.27 bits per heavy atom. The lowest BCUT2D eigenvalue weighted by Gasteiger charge is -2.31. The summed E-state index contributed by atoms with van der Waals surface area (Å²) in [5, 5.41) is 0. The molecule has 3 unspecified atom stereocenters. The molecule has 0 aliphatic heterocycles. The van der Waals surface area contributed by atoms with E-state index in [-0.39, 0.29) is 5.41 Å². The topological polar surface area (TPSA) is 3.24 Å². The Kier molecular flexibility index (Phi) is 7.35. The van der Waals surface area contributed by atoms with Gasteiger partial charge >= 0.3 is 0 Å². The Hall–Kier alpha value is -4.88. The SMILES string of the molecule is CC1(C)c2cc(N(c3ccc(C4CC5CCC4C5)cc3)c3cc4ccc3CCc3ccc(cc3)CC4)ccc2-c2c(-c3ccccc3)cccc21. The minimum atomic E-state index is -0.115. The lowest BCUT2D eigenvalue weighted by atomic mass is 9.81. The molecule has 0 aromatic heterocycles. The van der Waals surface area contributed by atoms with Gasteiger partial charge in [0.05, 0.1) is 0 Å². The van der Waals surface area contributed by atoms with Gasteiger partial charge in [0.25, 0.3) is 0 Å². The molecule has 252 valence electrons. The van der Waals surface area contributed by atoms with Gasteiger partial charge in [-0.1, -0.05) is 123 Å². The van der Waals surface area contributed by atoms with E-state index in [1.165, 1.54) is 98.4 Å². The summed E-state index contributed by atoms with van der Waals surface area (Å²) in [5.74, 6) is 2.57. The van der Waals surface area contributed by atoms with Gasteiger partial charge in [0.2, 0.25) is 0 Å². The highest BCUT2D eigenvalue weighted by molar-refractivity contribution is 5.94. The summed E-state index contributed by atoms with van der Waals surface area (Å²) in [6.07, 6.45) is 9.84. The van der Waals surface area contributed by atoms with Crippen LogP contribution in [0.25, 0.3) is 22.3 Å². The van der Waals surface area contributed by atoms with E-state index in [1.807, 2.05) is 0 Å². The van der Waals surface area contributed by atoms with Crippen LogP contribution in [0.3, 0.4) is 0 Å². The first-order valence-electron chi connectivity index (χ1n) is 19.4. The maximum atomic E-state index is 2.59. The molecule has 0 spiro atoms. The molecule has 0 radical (unpaired) electrons. The van der Waals surface area contributed by atoms with Crippen molar-refractivity contribution in [3.8, 4) is 22.3 Å². The first-order valence-corrected chi connectivity index (χ1v) is 19.4. The van der Waals surface area contributed by atoms with E-state index in [2.05, 4.69) is 152 Å². The molecule has 6 aromatic carbocycles. The van der Waals surface area contributed by atoms with Crippen LogP contribution in [0.15, 0.2) is 133 Å². The van der Waals surface area contributed by atoms with Crippen molar-refractivity contribution in [2.75, 3.05) is 4.90 Å². The second kappa shape index (κ2) is 12.1. The largest absolute Gasteiger partial charge is 0.310 e. The van der Waals surface area contributed by atoms with Crippen LogP contribution in [-0.4, -0.2) is 0 Å². The highest BCUT2D eigenvalue weighted by Crippen LogP contribution is 2.55. The van der Waals surface area contributed by atoms with Crippen molar-refractivity contribution in [2.24, 2.45) is 11.8 Å². The summed E-state index contributed by atoms with van der Waals surface area (Å²) in [6, 6.07) is 51.6. The van der Waals surface area contributed by atoms with Crippen molar-refractivity contribution in [3.63, 3.8) is 0 Å². The predicted octanol–water partition coefficient (Wildman–Crippen LogP) is 12.9. The molecule has 2 saturated carbocycles. The number of rotatable bonds is 5. The predicted molar refractivity (Wildman–Crippen MR) is 214 cm³/mol. The molecule has 3 atom stereocenters. The fourth-order valence-corrected chi connectivity index (χ4v) is 10.3. The van der Waals surface area contributed by atoms with Gasteiger partial charge in [0.15, 0.2) is 0 Å². The average molecular weight is 662 g/mol. The van der Waals surface area contributed by atoms with Crippen LogP contribution >= 0.6 is 0 Å². The second-order valence-electron chi connectivity index (χ2n) is 16.4. The molecule has 0 N–H and O–H groups in total. The zero-order valence-electron chi connectivity index (χ0n) is 30.0. The Labute approximate surface area is 304 Å². The van der Waals surface area contributed by atoms with E-state index >= 15 is 0 Å². The molecule has 6 bridgehead atoms. The maximum Gasteiger partial charge on any atom is 0.0496 e. The first kappa shape index (κ1) is 30.9. The standard InChI is InChI=1S/C50H47N/c1-50(2)46-10-6-9-43(37-7-4-3-5-8-37)49(46)44-28-27-42(32-47(44)50)51(41-25-23-38(24-26-41)45-30-36-19-22-40(45)29-36)48-31-35-16-15-33-11-13-34(14-12-33)17-20-39(48)21-18-35/h3-14,18,21,23-28,31-32,36,40,45H,15-17,19-20,22,29-30H2,1-2H3. The summed E-state index contributed by atoms with van der Waals surface area (Å²) in [5.41, 5.74) is 19.1. The Balaban J connectivity index is 1.12. The van der Waals surface area contributed by atoms with Crippen molar-refractivity contribution < 1.29 is 0 Å². The molecule has 1 nitrogen and oxygen atoms in total. The van der Waals surface area contributed by atoms with E-state index in [9.17, 15) is 0 Å². The molecule has 6 aromatic rings. The van der Waals surface area contributed by atoms with E-state index < -0.39 is 0 Å². The van der Waals surface area contributed by atoms with Crippen LogP contribution in [0.4, 0.5) is 17.1 Å². The van der Waals surface area contributed by atoms with Crippen molar-refractivity contribution in [1.29, 1.82) is 0 Å². The van der Waals surface area contributed by atoms with Crippen LogP contribution in [0.1, 0.15) is 84.4 Å². The van der Waals surface area contributed by atoms with Gasteiger partial charge in [-0.05, 0) is 154 Å². The molecule has 7 aliphatic rings. The van der Waals surface area contributed by atoms with Gasteiger partial charge in [0, 0.05) is 22.5 Å². The summed E-state index contributed by atoms with van der Waals surface area (Å²) in [4.78, 5) is 2.59. The molecule has 13 rings (SSSR count). The molecule has 51 heavy (non-hydrogen) atoms. The van der Waals surface area contributed by atoms with Gasteiger partial charge in [0.1, 0.15) is 0 Å². The van der Waals surface area contributed by atoms with Crippen LogP contribution < -0.4 is 4.90 Å². The van der Waals surface area contributed by atoms with Crippen molar-refractivity contribution in [1.82, 2.24) is 0 Å². The van der Waals surface area contributed by atoms with E-state index in [1.54, 1.807) is 5.56 Å². The highest BCUT2D eigenvalue weighted by atomic mass is 15.1. The quantitative estimate of drug-likeness (QED) is 0.178. The fraction of sp³-hybridized carbons (Fsp3) is 0.280. The highest BCUT2D eigenvalue weighted by Gasteiger charge is 2.40. The monoisotopic (exact) mass is 661 g/mol. The van der Waals surface area contributed by atoms with Crippen molar-refractivity contribution in [2.45, 2.75) is 76.5 Å². The van der Waals surface area contributed by atoms with Crippen molar-refractivity contribution in [3.05, 3.63) is 172 Å². The number of benzene rings is 6. The number of hydrogen-bond acceptors (Lipinski definition) is 1. The minimum Gasteiger partial charge on any atom is -0.310 e. The van der Waals surface area contributed by atoms with Gasteiger partial charge in [-0.25, -0.2) is 0 Å². The smallest absolute Gasteiger partial charge is 0.0496 e. The summed E-state index contributed by atoms with van der Waals surface area (Å²) >= 11 is 0. The zero-order chi connectivity index (χ0) is 34.1. The number of fused-ring (bicyclic) bond motifs is 5.